The summed E-state index contributed by atoms with van der Waals surface area (Å²) in [6.07, 6.45) is 8.43. The van der Waals surface area contributed by atoms with Gasteiger partial charge in [-0.15, -0.1) is 11.8 Å². The average Bonchev–Trinajstić information content (AvgIpc) is 2.36. The first-order chi connectivity index (χ1) is 8.29. The molecule has 2 heteroatoms. The summed E-state index contributed by atoms with van der Waals surface area (Å²) in [4.78, 5) is 0. The maximum atomic E-state index is 6.14. The smallest absolute Gasteiger partial charge is 0.0834 e. The first kappa shape index (κ1) is 14.5. The summed E-state index contributed by atoms with van der Waals surface area (Å²) in [6, 6.07) is 0.448. The quantitative estimate of drug-likeness (QED) is 0.717. The molecule has 2 nitrogen and oxygen atoms in total. The van der Waals surface area contributed by atoms with Gasteiger partial charge in [0.05, 0.1) is 5.60 Å². The Morgan fingerprint density at radius 3 is 2.53 bits per heavy atom. The van der Waals surface area contributed by atoms with Gasteiger partial charge < -0.3 is 10.1 Å². The van der Waals surface area contributed by atoms with Crippen molar-refractivity contribution in [1.82, 2.24) is 5.32 Å². The van der Waals surface area contributed by atoms with Crippen LogP contribution in [0.25, 0.3) is 0 Å². The Bertz CT molecular complexity index is 252. The number of likely N-dealkylation sites (N-methyl/N-ethyl adjacent to an activating group) is 1. The van der Waals surface area contributed by atoms with Crippen molar-refractivity contribution in [1.29, 1.82) is 0 Å². The number of rotatable bonds is 6. The van der Waals surface area contributed by atoms with Crippen LogP contribution in [-0.4, -0.2) is 25.3 Å². The topological polar surface area (TPSA) is 21.3 Å². The van der Waals surface area contributed by atoms with Gasteiger partial charge >= 0.3 is 0 Å². The van der Waals surface area contributed by atoms with Crippen molar-refractivity contribution in [3.63, 3.8) is 0 Å². The summed E-state index contributed by atoms with van der Waals surface area (Å²) in [6.45, 7) is 4.83. The Morgan fingerprint density at radius 1 is 1.29 bits per heavy atom. The summed E-state index contributed by atoms with van der Waals surface area (Å²) >= 11 is 0. The van der Waals surface area contributed by atoms with E-state index >= 15 is 0 Å². The average molecular weight is 237 g/mol. The van der Waals surface area contributed by atoms with Crippen LogP contribution < -0.4 is 5.32 Å². The summed E-state index contributed by atoms with van der Waals surface area (Å²) in [7, 11) is 2.05. The molecule has 1 fully saturated rings. The van der Waals surface area contributed by atoms with Crippen LogP contribution in [-0.2, 0) is 4.74 Å². The van der Waals surface area contributed by atoms with Crippen molar-refractivity contribution in [2.45, 2.75) is 70.4 Å². The van der Waals surface area contributed by atoms with Crippen molar-refractivity contribution >= 4 is 0 Å². The lowest BCUT2D eigenvalue weighted by Crippen LogP contribution is -2.52. The molecule has 0 aromatic carbocycles. The van der Waals surface area contributed by atoms with Gasteiger partial charge in [0.15, 0.2) is 0 Å². The molecule has 1 N–H and O–H groups in total. The van der Waals surface area contributed by atoms with E-state index in [1.165, 1.54) is 32.1 Å². The Kier molecular flexibility index (Phi) is 6.62. The molecule has 0 aliphatic heterocycles. The number of nitrogens with one attached hydrogen (secondary N) is 1. The normalized spacial score (nSPS) is 20.4. The number of ether oxygens (including phenoxy) is 1. The maximum absolute atomic E-state index is 6.14. The highest BCUT2D eigenvalue weighted by Gasteiger charge is 2.39. The van der Waals surface area contributed by atoms with Crippen molar-refractivity contribution in [2.75, 3.05) is 13.7 Å². The van der Waals surface area contributed by atoms with Crippen LogP contribution in [0.5, 0.6) is 0 Å². The third-order valence-corrected chi connectivity index (χ3v) is 3.85. The molecule has 0 radical (unpaired) electrons. The van der Waals surface area contributed by atoms with Crippen molar-refractivity contribution in [2.24, 2.45) is 0 Å². The Balaban J connectivity index is 2.65. The molecule has 1 rings (SSSR count). The van der Waals surface area contributed by atoms with Crippen LogP contribution in [0, 0.1) is 11.8 Å². The van der Waals surface area contributed by atoms with E-state index in [0.29, 0.717) is 6.04 Å². The van der Waals surface area contributed by atoms with Gasteiger partial charge in [0.1, 0.15) is 0 Å². The molecule has 1 saturated carbocycles. The lowest BCUT2D eigenvalue weighted by atomic mass is 9.77. The minimum absolute atomic E-state index is 0.0666. The second-order valence-electron chi connectivity index (χ2n) is 4.87. The number of hydrogen-bond donors (Lipinski definition) is 1. The highest BCUT2D eigenvalue weighted by atomic mass is 16.5. The first-order valence-corrected chi connectivity index (χ1v) is 7.00. The minimum atomic E-state index is 0.0666. The molecule has 0 heterocycles. The molecular formula is C15H27NO. The fourth-order valence-corrected chi connectivity index (χ4v) is 3.04. The molecule has 0 aromatic heterocycles. The van der Waals surface area contributed by atoms with Gasteiger partial charge in [-0.25, -0.2) is 0 Å². The Labute approximate surface area is 107 Å². The molecule has 0 saturated heterocycles. The lowest BCUT2D eigenvalue weighted by Gasteiger charge is -2.43. The van der Waals surface area contributed by atoms with E-state index in [9.17, 15) is 0 Å². The largest absolute Gasteiger partial charge is 0.374 e. The fourth-order valence-electron chi connectivity index (χ4n) is 3.04. The molecule has 0 spiro atoms. The zero-order valence-corrected chi connectivity index (χ0v) is 11.6. The monoisotopic (exact) mass is 237 g/mol. The summed E-state index contributed by atoms with van der Waals surface area (Å²) < 4.78 is 6.14. The third kappa shape index (κ3) is 4.01. The van der Waals surface area contributed by atoms with Gasteiger partial charge in [-0.2, -0.15) is 0 Å². The molecule has 0 aromatic rings. The molecule has 0 bridgehead atoms. The summed E-state index contributed by atoms with van der Waals surface area (Å²) in [5, 5.41) is 3.46. The maximum Gasteiger partial charge on any atom is 0.0834 e. The van der Waals surface area contributed by atoms with Crippen LogP contribution >= 0.6 is 0 Å². The Morgan fingerprint density at radius 2 is 2.00 bits per heavy atom. The highest BCUT2D eigenvalue weighted by molar-refractivity contribution is 5.00. The zero-order chi connectivity index (χ0) is 12.6. The van der Waals surface area contributed by atoms with E-state index in [4.69, 9.17) is 4.74 Å². The second-order valence-corrected chi connectivity index (χ2v) is 4.87. The van der Waals surface area contributed by atoms with Gasteiger partial charge in [-0.05, 0) is 40.2 Å². The van der Waals surface area contributed by atoms with Crippen LogP contribution in [0.4, 0.5) is 0 Å². The molecule has 17 heavy (non-hydrogen) atoms. The van der Waals surface area contributed by atoms with Gasteiger partial charge in [0.2, 0.25) is 0 Å². The van der Waals surface area contributed by atoms with Crippen molar-refractivity contribution in [3.05, 3.63) is 0 Å². The van der Waals surface area contributed by atoms with E-state index in [0.717, 1.165) is 19.4 Å². The van der Waals surface area contributed by atoms with Crippen LogP contribution in [0.2, 0.25) is 0 Å². The Hall–Kier alpha value is -0.520. The standard InChI is InChI=1S/C15H27NO/c1-4-6-8-11-14(16-3)15(17-5-2)12-9-7-10-13-15/h14,16H,5,7-13H2,1-3H3. The van der Waals surface area contributed by atoms with E-state index in [1.807, 2.05) is 6.92 Å². The highest BCUT2D eigenvalue weighted by Crippen LogP contribution is 2.36. The molecular weight excluding hydrogens is 210 g/mol. The van der Waals surface area contributed by atoms with Crippen LogP contribution in [0.3, 0.4) is 0 Å². The number of hydrogen-bond acceptors (Lipinski definition) is 2. The molecule has 1 atom stereocenters. The van der Waals surface area contributed by atoms with E-state index in [-0.39, 0.29) is 5.60 Å². The van der Waals surface area contributed by atoms with E-state index in [1.54, 1.807) is 0 Å². The molecule has 1 aliphatic rings. The zero-order valence-electron chi connectivity index (χ0n) is 11.6. The van der Waals surface area contributed by atoms with Gasteiger partial charge in [0, 0.05) is 19.1 Å². The molecule has 0 amide bonds. The van der Waals surface area contributed by atoms with E-state index < -0.39 is 0 Å². The summed E-state index contributed by atoms with van der Waals surface area (Å²) in [5.74, 6) is 6.14. The van der Waals surface area contributed by atoms with E-state index in [2.05, 4.69) is 31.1 Å². The van der Waals surface area contributed by atoms with Crippen molar-refractivity contribution in [3.8, 4) is 11.8 Å². The predicted molar refractivity (Wildman–Crippen MR) is 73.0 cm³/mol. The fraction of sp³-hybridized carbons (Fsp3) is 0.867. The third-order valence-electron chi connectivity index (χ3n) is 3.85. The minimum Gasteiger partial charge on any atom is -0.374 e. The van der Waals surface area contributed by atoms with Gasteiger partial charge in [-0.3, -0.25) is 0 Å². The molecule has 1 aliphatic carbocycles. The SMILES string of the molecule is CC#CCCC(NC)C1(OCC)CCCCC1. The van der Waals surface area contributed by atoms with Gasteiger partial charge in [-0.1, -0.05) is 19.3 Å². The first-order valence-electron chi connectivity index (χ1n) is 7.00. The van der Waals surface area contributed by atoms with Crippen LogP contribution in [0.15, 0.2) is 0 Å². The predicted octanol–water partition coefficient (Wildman–Crippen LogP) is 3.12. The molecule has 98 valence electrons. The summed E-state index contributed by atoms with van der Waals surface area (Å²) in [5.41, 5.74) is 0.0666. The van der Waals surface area contributed by atoms with Crippen LogP contribution in [0.1, 0.15) is 58.8 Å². The van der Waals surface area contributed by atoms with Gasteiger partial charge in [0.25, 0.3) is 0 Å². The lowest BCUT2D eigenvalue weighted by molar-refractivity contribution is -0.0897. The van der Waals surface area contributed by atoms with Crippen molar-refractivity contribution < 1.29 is 4.74 Å². The molecule has 1 unspecified atom stereocenters. The second kappa shape index (κ2) is 7.74.